The summed E-state index contributed by atoms with van der Waals surface area (Å²) >= 11 is 0. The fraction of sp³-hybridized carbons (Fsp3) is 0.640. The molecule has 3 aromatic carbocycles. The molecule has 117 heavy (non-hydrogen) atoms. The summed E-state index contributed by atoms with van der Waals surface area (Å²) in [6.45, 7) is 44.5. The SMILES string of the molecule is CCC(C)(C)C(=O)OCC(C)O.CCC(C)(C)C(=O)OCC(C)O.CCC(C)(C)C(=O)OCCNC(=O)Nc1ccc(C(=O)O)cc1.CCC(C)(C)C(=O)OCCOC(=O)c1ccccc1.CCC(C)(C)C(=O)OCCOC(=O)c1ccccc1C(=O)O.CCCCC(CC)COCC(C)OC(=O)NCCOC(=O)C(C)(C)CC.O=C=O. The van der Waals surface area contributed by atoms with Crippen molar-refractivity contribution in [3.05, 3.63) is 101 Å². The summed E-state index contributed by atoms with van der Waals surface area (Å²) in [5.41, 5.74) is -2.05. The molecule has 31 heteroatoms. The van der Waals surface area contributed by atoms with Crippen LogP contribution in [0.4, 0.5) is 15.3 Å². The summed E-state index contributed by atoms with van der Waals surface area (Å²) in [5.74, 6) is -4.52. The molecule has 4 atom stereocenters. The number of rotatable bonds is 42. The zero-order valence-electron chi connectivity index (χ0n) is 73.5. The third-order valence-corrected chi connectivity index (χ3v) is 18.2. The van der Waals surface area contributed by atoms with E-state index in [1.54, 1.807) is 78.8 Å². The molecule has 0 aliphatic rings. The molecule has 0 aliphatic carbocycles. The standard InChI is InChI=1S/C20H39NO5.C16H22N2O5.C16H20O6.C15H20O4.2C9H18O3.CO2/c1-7-10-11-17(8-2)15-24-14-16(4)26-19(23)21-12-13-25-18(22)20(5,6)9-3;1-4-16(2,3)14(21)23-10-9-17-15(22)18-12-7-5-11(6-8-12)13(19)20;1-4-16(2,3)15(20)22-10-9-21-14(19)12-8-6-5-7-11(12)13(17)18;1-4-15(2,3)14(17)19-11-10-18-13(16)12-8-6-5-7-9-12;2*1-5-9(3,4)8(11)12-6-7(2)10;2-1-3/h16-17H,7-15H2,1-6H3,(H,21,23);5-8H,4,9-10H2,1-3H3,(H,19,20)(H2,17,18,22);5-8H,4,9-10H2,1-3H3,(H,17,18);5-9H,4,10-11H2,1-3H3;2*7,10H,5-6H2,1-4H3;. The van der Waals surface area contributed by atoms with Crippen LogP contribution >= 0.6 is 0 Å². The average molecular weight is 1660 g/mol. The van der Waals surface area contributed by atoms with Crippen molar-refractivity contribution in [1.82, 2.24) is 10.6 Å². The molecule has 31 nitrogen and oxygen atoms in total. The fourth-order valence-electron chi connectivity index (χ4n) is 7.58. The Morgan fingerprint density at radius 1 is 0.402 bits per heavy atom. The highest BCUT2D eigenvalue weighted by molar-refractivity contribution is 6.02. The van der Waals surface area contributed by atoms with E-state index in [0.29, 0.717) is 56.1 Å². The number of aliphatic hydroxyl groups excluding tert-OH is 2. The number of aliphatic hydroxyl groups is 2. The van der Waals surface area contributed by atoms with E-state index in [-0.39, 0.29) is 131 Å². The Morgan fingerprint density at radius 2 is 0.752 bits per heavy atom. The van der Waals surface area contributed by atoms with Gasteiger partial charge in [0.25, 0.3) is 0 Å². The van der Waals surface area contributed by atoms with Crippen molar-refractivity contribution in [2.24, 2.45) is 38.4 Å². The first-order valence-corrected chi connectivity index (χ1v) is 39.5. The van der Waals surface area contributed by atoms with Gasteiger partial charge in [0.05, 0.1) is 86.6 Å². The molecule has 0 heterocycles. The van der Waals surface area contributed by atoms with Gasteiger partial charge >= 0.3 is 78.0 Å². The summed E-state index contributed by atoms with van der Waals surface area (Å²) in [6, 6.07) is 19.8. The van der Waals surface area contributed by atoms with E-state index in [1.165, 1.54) is 61.7 Å². The number of unbranched alkanes of at least 4 members (excludes halogenated alkanes) is 1. The Bertz CT molecular complexity index is 3400. The van der Waals surface area contributed by atoms with Crippen LogP contribution in [0.3, 0.4) is 0 Å². The normalized spacial score (nSPS) is 11.9. The average Bonchev–Trinajstić information content (AvgIpc) is 0.848. The summed E-state index contributed by atoms with van der Waals surface area (Å²) in [5, 5.41) is 43.2. The molecule has 0 radical (unpaired) electrons. The van der Waals surface area contributed by atoms with E-state index in [1.807, 2.05) is 103 Å². The molecule has 3 rings (SSSR count). The number of urea groups is 1. The van der Waals surface area contributed by atoms with E-state index in [2.05, 4.69) is 29.8 Å². The Morgan fingerprint density at radius 3 is 1.11 bits per heavy atom. The number of nitrogens with one attached hydrogen (secondary N) is 3. The molecule has 4 unspecified atom stereocenters. The lowest BCUT2D eigenvalue weighted by molar-refractivity contribution is -0.192. The van der Waals surface area contributed by atoms with Crippen LogP contribution in [0.15, 0.2) is 78.9 Å². The third kappa shape index (κ3) is 53.2. The Labute approximate surface area is 692 Å². The van der Waals surface area contributed by atoms with Gasteiger partial charge < -0.3 is 83.7 Å². The number of aromatic carboxylic acids is 2. The number of alkyl carbamates (subject to hydrolysis) is 1. The molecule has 0 spiro atoms. The van der Waals surface area contributed by atoms with Crippen LogP contribution in [-0.4, -0.2) is 196 Å². The van der Waals surface area contributed by atoms with Crippen LogP contribution in [-0.2, 0) is 85.7 Å². The number of carboxylic acids is 2. The van der Waals surface area contributed by atoms with Gasteiger partial charge in [-0.15, -0.1) is 0 Å². The van der Waals surface area contributed by atoms with Gasteiger partial charge in [-0.1, -0.05) is 105 Å². The van der Waals surface area contributed by atoms with Crippen molar-refractivity contribution in [3.8, 4) is 0 Å². The summed E-state index contributed by atoms with van der Waals surface area (Å²) in [7, 11) is 0. The minimum absolute atomic E-state index is 0.0322. The van der Waals surface area contributed by atoms with Crippen molar-refractivity contribution in [2.75, 3.05) is 84.5 Å². The van der Waals surface area contributed by atoms with Gasteiger partial charge in [0.2, 0.25) is 0 Å². The van der Waals surface area contributed by atoms with Gasteiger partial charge in [-0.2, -0.15) is 9.59 Å². The van der Waals surface area contributed by atoms with E-state index < -0.39 is 80.7 Å². The second-order valence-electron chi connectivity index (χ2n) is 30.8. The second-order valence-corrected chi connectivity index (χ2v) is 30.8. The largest absolute Gasteiger partial charge is 0.478 e. The topological polar surface area (TPSA) is 448 Å². The van der Waals surface area contributed by atoms with Crippen LogP contribution in [0.25, 0.3) is 0 Å². The number of amides is 3. The third-order valence-electron chi connectivity index (χ3n) is 18.2. The maximum absolute atomic E-state index is 11.8. The van der Waals surface area contributed by atoms with Gasteiger partial charge in [0.1, 0.15) is 59.0 Å². The molecule has 0 aliphatic heterocycles. The monoisotopic (exact) mass is 1660 g/mol. The number of hydrogen-bond donors (Lipinski definition) is 7. The lowest BCUT2D eigenvalue weighted by Crippen LogP contribution is -2.34. The summed E-state index contributed by atoms with van der Waals surface area (Å²) < 4.78 is 50.9. The van der Waals surface area contributed by atoms with Gasteiger partial charge in [-0.25, -0.2) is 28.8 Å². The van der Waals surface area contributed by atoms with Crippen LogP contribution in [0.1, 0.15) is 265 Å². The number of esters is 8. The highest BCUT2D eigenvalue weighted by Gasteiger charge is 2.32. The maximum Gasteiger partial charge on any atom is 0.407 e. The summed E-state index contributed by atoms with van der Waals surface area (Å²) in [4.78, 5) is 154. The van der Waals surface area contributed by atoms with Gasteiger partial charge in [0, 0.05) is 12.3 Å². The second kappa shape index (κ2) is 61.5. The highest BCUT2D eigenvalue weighted by Crippen LogP contribution is 2.26. The number of benzene rings is 3. The quantitative estimate of drug-likeness (QED) is 0.0157. The molecule has 0 saturated carbocycles. The smallest absolute Gasteiger partial charge is 0.407 e. The van der Waals surface area contributed by atoms with Crippen molar-refractivity contribution in [1.29, 1.82) is 0 Å². The first kappa shape index (κ1) is 113. The first-order valence-electron chi connectivity index (χ1n) is 39.5. The lowest BCUT2D eigenvalue weighted by atomic mass is 9.91. The van der Waals surface area contributed by atoms with Crippen LogP contribution < -0.4 is 16.0 Å². The van der Waals surface area contributed by atoms with E-state index in [4.69, 9.17) is 77.4 Å². The van der Waals surface area contributed by atoms with Crippen molar-refractivity contribution >= 4 is 83.7 Å². The van der Waals surface area contributed by atoms with Crippen molar-refractivity contribution < 1.29 is 135 Å². The van der Waals surface area contributed by atoms with Crippen LogP contribution in [0.5, 0.6) is 0 Å². The van der Waals surface area contributed by atoms with E-state index in [0.717, 1.165) is 19.3 Å². The van der Waals surface area contributed by atoms with Crippen molar-refractivity contribution in [3.63, 3.8) is 0 Å². The Hall–Kier alpha value is -9.84. The van der Waals surface area contributed by atoms with Crippen molar-refractivity contribution in [2.45, 2.75) is 242 Å². The predicted octanol–water partition coefficient (Wildman–Crippen LogP) is 14.3. The number of carbonyl (C=O) groups excluding carboxylic acids is 12. The van der Waals surface area contributed by atoms with Gasteiger partial charge in [0.15, 0.2) is 0 Å². The Kier molecular flexibility index (Phi) is 59.7. The lowest BCUT2D eigenvalue weighted by Gasteiger charge is -2.20. The predicted molar refractivity (Wildman–Crippen MR) is 437 cm³/mol. The van der Waals surface area contributed by atoms with Crippen LogP contribution in [0, 0.1) is 38.4 Å². The maximum atomic E-state index is 11.8. The first-order chi connectivity index (χ1) is 54.5. The molecule has 0 bridgehead atoms. The number of anilines is 1. The molecule has 3 aromatic rings. The molecular weight excluding hydrogens is 1520 g/mol. The minimum Gasteiger partial charge on any atom is -0.478 e. The number of hydrogen-bond acceptors (Lipinski definition) is 26. The molecule has 0 saturated heterocycles. The molecule has 664 valence electrons. The molecule has 7 N–H and O–H groups in total. The number of carboxylic acid groups (broad SMARTS) is 2. The van der Waals surface area contributed by atoms with Gasteiger partial charge in [-0.3, -0.25) is 28.8 Å². The minimum atomic E-state index is -1.20. The van der Waals surface area contributed by atoms with E-state index in [9.17, 15) is 57.5 Å². The Balaban J connectivity index is -0.000000662. The van der Waals surface area contributed by atoms with Crippen LogP contribution in [0.2, 0.25) is 0 Å². The highest BCUT2D eigenvalue weighted by atomic mass is 16.6. The molecule has 0 aromatic heterocycles. The fourth-order valence-corrected chi connectivity index (χ4v) is 7.58. The molecular formula is C86H137N3O28. The zero-order valence-corrected chi connectivity index (χ0v) is 73.5. The van der Waals surface area contributed by atoms with Gasteiger partial charge in [-0.05, 0) is 203 Å². The molecule has 3 amide bonds. The number of ether oxygens (including phenoxy) is 10. The molecule has 0 fully saturated rings. The summed E-state index contributed by atoms with van der Waals surface area (Å²) in [6.07, 6.45) is 7.14. The van der Waals surface area contributed by atoms with E-state index >= 15 is 0 Å². The zero-order chi connectivity index (χ0) is 90.8. The number of carbonyl (C=O) groups is 12.